The van der Waals surface area contributed by atoms with Crippen LogP contribution < -0.4 is 11.3 Å². The van der Waals surface area contributed by atoms with Gasteiger partial charge in [0.05, 0.1) is 6.04 Å². The molecule has 0 saturated heterocycles. The number of halogens is 2. The monoisotopic (exact) mass is 324 g/mol. The lowest BCUT2D eigenvalue weighted by atomic mass is 9.99. The lowest BCUT2D eigenvalue weighted by Gasteiger charge is -2.17. The molecule has 2 aromatic carbocycles. The third kappa shape index (κ3) is 3.33. The molecule has 0 saturated carbocycles. The van der Waals surface area contributed by atoms with Gasteiger partial charge >= 0.3 is 0 Å². The van der Waals surface area contributed by atoms with Gasteiger partial charge in [-0.15, -0.1) is 0 Å². The molecule has 2 rings (SSSR count). The smallest absolute Gasteiger partial charge is 0.0501 e. The molecule has 1 unspecified atom stereocenters. The summed E-state index contributed by atoms with van der Waals surface area (Å²) in [4.78, 5) is 0. The Morgan fingerprint density at radius 2 is 1.94 bits per heavy atom. The minimum absolute atomic E-state index is 0.0439. The van der Waals surface area contributed by atoms with Gasteiger partial charge in [-0.2, -0.15) is 0 Å². The number of hydrogen-bond acceptors (Lipinski definition) is 2. The van der Waals surface area contributed by atoms with E-state index >= 15 is 0 Å². The van der Waals surface area contributed by atoms with E-state index in [1.807, 2.05) is 42.5 Å². The standard InChI is InChI=1S/C14H14BrClN2/c15-13-7-2-1-4-10(13)9-14(18-17)11-5-3-6-12(16)8-11/h1-8,14,18H,9,17H2. The summed E-state index contributed by atoms with van der Waals surface area (Å²) < 4.78 is 1.09. The fourth-order valence-electron chi connectivity index (χ4n) is 1.88. The zero-order valence-electron chi connectivity index (χ0n) is 9.74. The number of rotatable bonds is 4. The van der Waals surface area contributed by atoms with Gasteiger partial charge < -0.3 is 0 Å². The van der Waals surface area contributed by atoms with Crippen molar-refractivity contribution < 1.29 is 0 Å². The van der Waals surface area contributed by atoms with Crippen LogP contribution in [-0.4, -0.2) is 0 Å². The first-order chi connectivity index (χ1) is 8.70. The molecule has 0 aliphatic carbocycles. The van der Waals surface area contributed by atoms with Crippen molar-refractivity contribution in [1.82, 2.24) is 5.43 Å². The lowest BCUT2D eigenvalue weighted by molar-refractivity contribution is 0.551. The molecule has 0 heterocycles. The van der Waals surface area contributed by atoms with Crippen LogP contribution in [-0.2, 0) is 6.42 Å². The molecule has 0 spiro atoms. The molecule has 1 atom stereocenters. The minimum Gasteiger partial charge on any atom is -0.271 e. The van der Waals surface area contributed by atoms with Gasteiger partial charge in [0, 0.05) is 9.50 Å². The predicted molar refractivity (Wildman–Crippen MR) is 79.4 cm³/mol. The number of hydrogen-bond donors (Lipinski definition) is 2. The number of nitrogens with two attached hydrogens (primary N) is 1. The molecule has 0 aliphatic heterocycles. The van der Waals surface area contributed by atoms with Crippen molar-refractivity contribution in [2.24, 2.45) is 5.84 Å². The number of hydrazine groups is 1. The molecule has 4 heteroatoms. The topological polar surface area (TPSA) is 38.0 Å². The molecule has 0 aromatic heterocycles. The zero-order chi connectivity index (χ0) is 13.0. The number of benzene rings is 2. The quantitative estimate of drug-likeness (QED) is 0.662. The van der Waals surface area contributed by atoms with Gasteiger partial charge in [0.25, 0.3) is 0 Å². The third-order valence-electron chi connectivity index (χ3n) is 2.83. The summed E-state index contributed by atoms with van der Waals surface area (Å²) in [5.41, 5.74) is 5.13. The lowest BCUT2D eigenvalue weighted by Crippen LogP contribution is -2.29. The fraction of sp³-hybridized carbons (Fsp3) is 0.143. The summed E-state index contributed by atoms with van der Waals surface area (Å²) in [6, 6.07) is 15.9. The van der Waals surface area contributed by atoms with E-state index in [-0.39, 0.29) is 6.04 Å². The molecule has 0 bridgehead atoms. The van der Waals surface area contributed by atoms with Crippen molar-refractivity contribution in [1.29, 1.82) is 0 Å². The van der Waals surface area contributed by atoms with Crippen LogP contribution in [0.25, 0.3) is 0 Å². The second-order valence-electron chi connectivity index (χ2n) is 4.07. The summed E-state index contributed by atoms with van der Waals surface area (Å²) in [6.45, 7) is 0. The van der Waals surface area contributed by atoms with Crippen molar-refractivity contribution in [2.75, 3.05) is 0 Å². The Balaban J connectivity index is 2.23. The van der Waals surface area contributed by atoms with Crippen LogP contribution in [0, 0.1) is 0 Å². The van der Waals surface area contributed by atoms with Gasteiger partial charge in [-0.25, -0.2) is 0 Å². The normalized spacial score (nSPS) is 12.4. The maximum Gasteiger partial charge on any atom is 0.0501 e. The molecular weight excluding hydrogens is 312 g/mol. The molecule has 2 nitrogen and oxygen atoms in total. The highest BCUT2D eigenvalue weighted by Crippen LogP contribution is 2.24. The van der Waals surface area contributed by atoms with Crippen molar-refractivity contribution in [3.63, 3.8) is 0 Å². The molecule has 94 valence electrons. The van der Waals surface area contributed by atoms with E-state index in [4.69, 9.17) is 17.4 Å². The van der Waals surface area contributed by atoms with Gasteiger partial charge in [0.1, 0.15) is 0 Å². The van der Waals surface area contributed by atoms with E-state index in [0.29, 0.717) is 0 Å². The van der Waals surface area contributed by atoms with E-state index in [0.717, 1.165) is 21.5 Å². The molecule has 0 radical (unpaired) electrons. The highest BCUT2D eigenvalue weighted by Gasteiger charge is 2.12. The highest BCUT2D eigenvalue weighted by atomic mass is 79.9. The molecule has 0 fully saturated rings. The maximum atomic E-state index is 6.00. The molecule has 0 amide bonds. The minimum atomic E-state index is 0.0439. The Bertz CT molecular complexity index is 531. The Labute approximate surface area is 120 Å². The van der Waals surface area contributed by atoms with Crippen LogP contribution >= 0.6 is 27.5 Å². The Kier molecular flexibility index (Phi) is 4.78. The highest BCUT2D eigenvalue weighted by molar-refractivity contribution is 9.10. The van der Waals surface area contributed by atoms with E-state index in [1.54, 1.807) is 0 Å². The van der Waals surface area contributed by atoms with Crippen molar-refractivity contribution >= 4 is 27.5 Å². The maximum absolute atomic E-state index is 6.00. The summed E-state index contributed by atoms with van der Waals surface area (Å²) in [6.07, 6.45) is 0.804. The largest absolute Gasteiger partial charge is 0.271 e. The van der Waals surface area contributed by atoms with Gasteiger partial charge in [-0.05, 0) is 35.7 Å². The Morgan fingerprint density at radius 1 is 1.17 bits per heavy atom. The van der Waals surface area contributed by atoms with Gasteiger partial charge in [-0.1, -0.05) is 57.9 Å². The Hall–Kier alpha value is -0.870. The van der Waals surface area contributed by atoms with Crippen molar-refractivity contribution in [3.05, 3.63) is 69.2 Å². The van der Waals surface area contributed by atoms with E-state index in [9.17, 15) is 0 Å². The average molecular weight is 326 g/mol. The first-order valence-electron chi connectivity index (χ1n) is 5.65. The predicted octanol–water partition coefficient (Wildman–Crippen LogP) is 3.85. The summed E-state index contributed by atoms with van der Waals surface area (Å²) >= 11 is 9.55. The average Bonchev–Trinajstić information content (AvgIpc) is 2.38. The zero-order valence-corrected chi connectivity index (χ0v) is 12.1. The molecule has 3 N–H and O–H groups in total. The SMILES string of the molecule is NNC(Cc1ccccc1Br)c1cccc(Cl)c1. The fourth-order valence-corrected chi connectivity index (χ4v) is 2.53. The van der Waals surface area contributed by atoms with E-state index in [1.165, 1.54) is 5.56 Å². The van der Waals surface area contributed by atoms with Crippen LogP contribution in [0.4, 0.5) is 0 Å². The first kappa shape index (κ1) is 13.6. The van der Waals surface area contributed by atoms with E-state index < -0.39 is 0 Å². The summed E-state index contributed by atoms with van der Waals surface area (Å²) in [5, 5.41) is 0.722. The molecule has 0 aliphatic rings. The van der Waals surface area contributed by atoms with Gasteiger partial charge in [0.2, 0.25) is 0 Å². The van der Waals surface area contributed by atoms with Crippen LogP contribution in [0.2, 0.25) is 5.02 Å². The second kappa shape index (κ2) is 6.34. The van der Waals surface area contributed by atoms with Crippen LogP contribution in [0.5, 0.6) is 0 Å². The first-order valence-corrected chi connectivity index (χ1v) is 6.83. The number of nitrogens with one attached hydrogen (secondary N) is 1. The van der Waals surface area contributed by atoms with Crippen LogP contribution in [0.1, 0.15) is 17.2 Å². The van der Waals surface area contributed by atoms with Crippen molar-refractivity contribution in [3.8, 4) is 0 Å². The van der Waals surface area contributed by atoms with Crippen LogP contribution in [0.3, 0.4) is 0 Å². The molecular formula is C14H14BrClN2. The van der Waals surface area contributed by atoms with Gasteiger partial charge in [0.15, 0.2) is 0 Å². The second-order valence-corrected chi connectivity index (χ2v) is 5.36. The Morgan fingerprint density at radius 3 is 2.61 bits per heavy atom. The van der Waals surface area contributed by atoms with Crippen LogP contribution in [0.15, 0.2) is 53.0 Å². The third-order valence-corrected chi connectivity index (χ3v) is 3.84. The van der Waals surface area contributed by atoms with Crippen molar-refractivity contribution in [2.45, 2.75) is 12.5 Å². The van der Waals surface area contributed by atoms with Gasteiger partial charge in [-0.3, -0.25) is 11.3 Å². The van der Waals surface area contributed by atoms with E-state index in [2.05, 4.69) is 27.4 Å². The summed E-state index contributed by atoms with van der Waals surface area (Å²) in [5.74, 6) is 5.64. The molecule has 2 aromatic rings. The molecule has 18 heavy (non-hydrogen) atoms. The summed E-state index contributed by atoms with van der Waals surface area (Å²) in [7, 11) is 0.